The summed E-state index contributed by atoms with van der Waals surface area (Å²) >= 11 is 0. The summed E-state index contributed by atoms with van der Waals surface area (Å²) in [7, 11) is 2.17. The van der Waals surface area contributed by atoms with Gasteiger partial charge < -0.3 is 14.9 Å². The average Bonchev–Trinajstić information content (AvgIpc) is 2.55. The van der Waals surface area contributed by atoms with Crippen molar-refractivity contribution in [3.8, 4) is 0 Å². The van der Waals surface area contributed by atoms with Crippen molar-refractivity contribution >= 4 is 5.69 Å². The van der Waals surface area contributed by atoms with E-state index in [1.54, 1.807) is 0 Å². The first-order chi connectivity index (χ1) is 9.11. The second-order valence-electron chi connectivity index (χ2n) is 5.74. The van der Waals surface area contributed by atoms with E-state index < -0.39 is 0 Å². The number of hydrogen-bond acceptors (Lipinski definition) is 3. The van der Waals surface area contributed by atoms with E-state index >= 15 is 0 Å². The van der Waals surface area contributed by atoms with E-state index in [0.717, 1.165) is 26.1 Å². The molecule has 1 aromatic rings. The van der Waals surface area contributed by atoms with Crippen LogP contribution in [0.2, 0.25) is 0 Å². The zero-order chi connectivity index (χ0) is 13.8. The lowest BCUT2D eigenvalue weighted by Gasteiger charge is -2.33. The fourth-order valence-electron chi connectivity index (χ4n) is 2.88. The monoisotopic (exact) mass is 262 g/mol. The molecule has 0 amide bonds. The average molecular weight is 262 g/mol. The molecule has 0 bridgehead atoms. The molecule has 1 saturated heterocycles. The second kappa shape index (κ2) is 6.40. The molecule has 2 rings (SSSR count). The zero-order valence-electron chi connectivity index (χ0n) is 12.4. The van der Waals surface area contributed by atoms with E-state index in [4.69, 9.17) is 0 Å². The van der Waals surface area contributed by atoms with Gasteiger partial charge in [-0.15, -0.1) is 0 Å². The van der Waals surface area contributed by atoms with Crippen LogP contribution in [0.3, 0.4) is 0 Å². The second-order valence-corrected chi connectivity index (χ2v) is 5.74. The Hall–Kier alpha value is -1.06. The first-order valence-electron chi connectivity index (χ1n) is 7.25. The van der Waals surface area contributed by atoms with Crippen molar-refractivity contribution in [3.63, 3.8) is 0 Å². The summed E-state index contributed by atoms with van der Waals surface area (Å²) in [4.78, 5) is 4.85. The molecular weight excluding hydrogens is 236 g/mol. The SMILES string of the molecule is Cc1ccc(N2CCCN(C)CC2CCO)cc1C. The van der Waals surface area contributed by atoms with Gasteiger partial charge in [0.2, 0.25) is 0 Å². The minimum absolute atomic E-state index is 0.264. The summed E-state index contributed by atoms with van der Waals surface area (Å²) in [5, 5.41) is 9.31. The number of nitrogens with zero attached hydrogens (tertiary/aromatic N) is 2. The van der Waals surface area contributed by atoms with Crippen molar-refractivity contribution < 1.29 is 5.11 Å². The van der Waals surface area contributed by atoms with E-state index in [9.17, 15) is 5.11 Å². The highest BCUT2D eigenvalue weighted by Gasteiger charge is 2.23. The minimum atomic E-state index is 0.264. The van der Waals surface area contributed by atoms with Crippen molar-refractivity contribution in [3.05, 3.63) is 29.3 Å². The Balaban J connectivity index is 2.24. The summed E-state index contributed by atoms with van der Waals surface area (Å²) in [5.41, 5.74) is 3.99. The predicted molar refractivity (Wildman–Crippen MR) is 80.9 cm³/mol. The smallest absolute Gasteiger partial charge is 0.0451 e. The third-order valence-electron chi connectivity index (χ3n) is 4.19. The van der Waals surface area contributed by atoms with E-state index in [2.05, 4.69) is 48.9 Å². The number of aryl methyl sites for hydroxylation is 2. The van der Waals surface area contributed by atoms with Crippen LogP contribution in [0, 0.1) is 13.8 Å². The summed E-state index contributed by atoms with van der Waals surface area (Å²) in [6, 6.07) is 7.12. The van der Waals surface area contributed by atoms with Crippen LogP contribution in [0.15, 0.2) is 18.2 Å². The fourth-order valence-corrected chi connectivity index (χ4v) is 2.88. The van der Waals surface area contributed by atoms with Crippen LogP contribution >= 0.6 is 0 Å². The van der Waals surface area contributed by atoms with Crippen molar-refractivity contribution in [2.24, 2.45) is 0 Å². The van der Waals surface area contributed by atoms with Crippen LogP contribution in [-0.4, -0.2) is 49.3 Å². The molecule has 1 N–H and O–H groups in total. The Morgan fingerprint density at radius 3 is 2.68 bits per heavy atom. The van der Waals surface area contributed by atoms with Gasteiger partial charge in [0.15, 0.2) is 0 Å². The Morgan fingerprint density at radius 1 is 1.21 bits per heavy atom. The van der Waals surface area contributed by atoms with Gasteiger partial charge >= 0.3 is 0 Å². The van der Waals surface area contributed by atoms with Crippen molar-refractivity contribution in [1.82, 2.24) is 4.90 Å². The molecular formula is C16H26N2O. The van der Waals surface area contributed by atoms with Gasteiger partial charge in [0.1, 0.15) is 0 Å². The Bertz CT molecular complexity index is 419. The van der Waals surface area contributed by atoms with Gasteiger partial charge in [-0.1, -0.05) is 6.07 Å². The maximum Gasteiger partial charge on any atom is 0.0451 e. The van der Waals surface area contributed by atoms with Gasteiger partial charge in [0, 0.05) is 31.4 Å². The molecule has 0 aromatic heterocycles. The molecule has 1 fully saturated rings. The van der Waals surface area contributed by atoms with Gasteiger partial charge in [0.25, 0.3) is 0 Å². The fraction of sp³-hybridized carbons (Fsp3) is 0.625. The molecule has 0 radical (unpaired) electrons. The van der Waals surface area contributed by atoms with Crippen LogP contribution in [0.5, 0.6) is 0 Å². The van der Waals surface area contributed by atoms with Crippen LogP contribution < -0.4 is 4.90 Å². The highest BCUT2D eigenvalue weighted by Crippen LogP contribution is 2.24. The molecule has 0 spiro atoms. The molecule has 106 valence electrons. The molecule has 19 heavy (non-hydrogen) atoms. The van der Waals surface area contributed by atoms with Crippen molar-refractivity contribution in [2.45, 2.75) is 32.7 Å². The van der Waals surface area contributed by atoms with Gasteiger partial charge in [-0.3, -0.25) is 0 Å². The number of hydrogen-bond donors (Lipinski definition) is 1. The molecule has 0 saturated carbocycles. The summed E-state index contributed by atoms with van der Waals surface area (Å²) in [6.07, 6.45) is 2.03. The Morgan fingerprint density at radius 2 is 2.00 bits per heavy atom. The zero-order valence-corrected chi connectivity index (χ0v) is 12.4. The topological polar surface area (TPSA) is 26.7 Å². The molecule has 0 aliphatic carbocycles. The number of likely N-dealkylation sites (N-methyl/N-ethyl adjacent to an activating group) is 1. The molecule has 1 aliphatic heterocycles. The predicted octanol–water partition coefficient (Wildman–Crippen LogP) is 2.20. The maximum absolute atomic E-state index is 9.31. The van der Waals surface area contributed by atoms with Gasteiger partial charge in [-0.05, 0) is 63.5 Å². The van der Waals surface area contributed by atoms with Crippen molar-refractivity contribution in [2.75, 3.05) is 38.2 Å². The highest BCUT2D eigenvalue weighted by atomic mass is 16.3. The number of anilines is 1. The lowest BCUT2D eigenvalue weighted by molar-refractivity contribution is 0.253. The molecule has 1 atom stereocenters. The summed E-state index contributed by atoms with van der Waals surface area (Å²) in [6.45, 7) is 7.85. The quantitative estimate of drug-likeness (QED) is 0.904. The minimum Gasteiger partial charge on any atom is -0.396 e. The number of benzene rings is 1. The standard InChI is InChI=1S/C16H26N2O/c1-13-5-6-15(11-14(13)2)18-9-4-8-17(3)12-16(18)7-10-19/h5-6,11,16,19H,4,7-10,12H2,1-3H3. The Labute approximate surface area is 116 Å². The van der Waals surface area contributed by atoms with Crippen molar-refractivity contribution in [1.29, 1.82) is 0 Å². The first kappa shape index (κ1) is 14.4. The summed E-state index contributed by atoms with van der Waals surface area (Å²) in [5.74, 6) is 0. The maximum atomic E-state index is 9.31. The molecule has 1 aromatic carbocycles. The molecule has 1 heterocycles. The lowest BCUT2D eigenvalue weighted by Crippen LogP contribution is -2.41. The normalized spacial score (nSPS) is 21.5. The summed E-state index contributed by atoms with van der Waals surface area (Å²) < 4.78 is 0. The number of rotatable bonds is 3. The number of aliphatic hydroxyl groups is 1. The molecule has 3 heteroatoms. The van der Waals surface area contributed by atoms with Gasteiger partial charge in [-0.2, -0.15) is 0 Å². The van der Waals surface area contributed by atoms with E-state index in [-0.39, 0.29) is 6.61 Å². The van der Waals surface area contributed by atoms with Gasteiger partial charge in [-0.25, -0.2) is 0 Å². The van der Waals surface area contributed by atoms with E-state index in [1.807, 2.05) is 0 Å². The lowest BCUT2D eigenvalue weighted by atomic mass is 10.1. The largest absolute Gasteiger partial charge is 0.396 e. The van der Waals surface area contributed by atoms with Gasteiger partial charge in [0.05, 0.1) is 0 Å². The molecule has 1 aliphatic rings. The third kappa shape index (κ3) is 3.48. The number of aliphatic hydroxyl groups excluding tert-OH is 1. The Kier molecular flexibility index (Phi) is 4.83. The first-order valence-corrected chi connectivity index (χ1v) is 7.25. The molecule has 1 unspecified atom stereocenters. The molecule has 3 nitrogen and oxygen atoms in total. The van der Waals surface area contributed by atoms with E-state index in [1.165, 1.54) is 23.2 Å². The highest BCUT2D eigenvalue weighted by molar-refractivity contribution is 5.51. The third-order valence-corrected chi connectivity index (χ3v) is 4.19. The van der Waals surface area contributed by atoms with Crippen LogP contribution in [0.1, 0.15) is 24.0 Å². The van der Waals surface area contributed by atoms with Crippen LogP contribution in [0.25, 0.3) is 0 Å². The van der Waals surface area contributed by atoms with Crippen LogP contribution in [-0.2, 0) is 0 Å². The van der Waals surface area contributed by atoms with E-state index in [0.29, 0.717) is 6.04 Å². The van der Waals surface area contributed by atoms with Crippen LogP contribution in [0.4, 0.5) is 5.69 Å².